The predicted molar refractivity (Wildman–Crippen MR) is 66.2 cm³/mol. The number of nitrogens with two attached hydrogens (primary N) is 1. The molecule has 1 aromatic rings. The second-order valence-electron chi connectivity index (χ2n) is 4.69. The summed E-state index contributed by atoms with van der Waals surface area (Å²) in [6, 6.07) is 0.142. The van der Waals surface area contributed by atoms with Gasteiger partial charge in [0.15, 0.2) is 0 Å². The quantitative estimate of drug-likeness (QED) is 0.539. The first-order valence-corrected chi connectivity index (χ1v) is 6.30. The van der Waals surface area contributed by atoms with Crippen LogP contribution in [0, 0.1) is 5.92 Å². The van der Waals surface area contributed by atoms with E-state index in [9.17, 15) is 0 Å². The summed E-state index contributed by atoms with van der Waals surface area (Å²) in [4.78, 5) is 4.34. The third-order valence-electron chi connectivity index (χ3n) is 3.38. The van der Waals surface area contributed by atoms with Crippen molar-refractivity contribution >= 4 is 0 Å². The summed E-state index contributed by atoms with van der Waals surface area (Å²) in [5, 5.41) is 0. The molecule has 0 aliphatic heterocycles. The highest BCUT2D eigenvalue weighted by Crippen LogP contribution is 2.36. The van der Waals surface area contributed by atoms with E-state index >= 15 is 0 Å². The molecule has 0 aromatic carbocycles. The molecular weight excluding hydrogens is 216 g/mol. The molecule has 1 aliphatic carbocycles. The molecule has 0 bridgehead atoms. The summed E-state index contributed by atoms with van der Waals surface area (Å²) in [5.41, 5.74) is 2.90. The van der Waals surface area contributed by atoms with Crippen LogP contribution in [-0.4, -0.2) is 28.3 Å². The summed E-state index contributed by atoms with van der Waals surface area (Å²) >= 11 is 0. The number of aromatic nitrogens is 2. The lowest BCUT2D eigenvalue weighted by Gasteiger charge is -2.26. The maximum atomic E-state index is 5.83. The Labute approximate surface area is 102 Å². The van der Waals surface area contributed by atoms with Gasteiger partial charge in [-0.1, -0.05) is 0 Å². The number of nitrogens with one attached hydrogen (secondary N) is 1. The fourth-order valence-electron chi connectivity index (χ4n) is 2.26. The minimum Gasteiger partial charge on any atom is -0.377 e. The van der Waals surface area contributed by atoms with Crippen molar-refractivity contribution in [3.8, 4) is 0 Å². The molecule has 96 valence electrons. The number of aryl methyl sites for hydroxylation is 1. The molecule has 2 atom stereocenters. The van der Waals surface area contributed by atoms with Crippen LogP contribution < -0.4 is 11.3 Å². The summed E-state index contributed by atoms with van der Waals surface area (Å²) < 4.78 is 7.86. The van der Waals surface area contributed by atoms with Crippen LogP contribution in [0.15, 0.2) is 12.4 Å². The van der Waals surface area contributed by atoms with E-state index in [-0.39, 0.29) is 12.1 Å². The van der Waals surface area contributed by atoms with E-state index in [0.29, 0.717) is 5.92 Å². The molecule has 0 saturated heterocycles. The van der Waals surface area contributed by atoms with E-state index in [4.69, 9.17) is 10.6 Å². The molecule has 1 fully saturated rings. The molecule has 5 nitrogen and oxygen atoms in total. The Morgan fingerprint density at radius 3 is 2.88 bits per heavy atom. The number of hydrogen-bond donors (Lipinski definition) is 2. The monoisotopic (exact) mass is 238 g/mol. The van der Waals surface area contributed by atoms with Gasteiger partial charge in [-0.15, -0.1) is 0 Å². The molecule has 5 heteroatoms. The van der Waals surface area contributed by atoms with Crippen molar-refractivity contribution < 1.29 is 4.74 Å². The minimum absolute atomic E-state index is 0.142. The van der Waals surface area contributed by atoms with Gasteiger partial charge in [-0.25, -0.2) is 4.98 Å². The topological polar surface area (TPSA) is 65.1 Å². The van der Waals surface area contributed by atoms with Gasteiger partial charge in [0.25, 0.3) is 0 Å². The van der Waals surface area contributed by atoms with Gasteiger partial charge in [-0.3, -0.25) is 11.3 Å². The molecule has 1 saturated carbocycles. The average Bonchev–Trinajstić information content (AvgIpc) is 3.09. The maximum absolute atomic E-state index is 5.83. The smallest absolute Gasteiger partial charge is 0.110 e. The van der Waals surface area contributed by atoms with Gasteiger partial charge in [0, 0.05) is 32.5 Å². The number of imidazole rings is 1. The first-order valence-electron chi connectivity index (χ1n) is 6.30. The van der Waals surface area contributed by atoms with E-state index in [1.54, 1.807) is 0 Å². The third-order valence-corrected chi connectivity index (χ3v) is 3.38. The van der Waals surface area contributed by atoms with Gasteiger partial charge in [0.05, 0.1) is 12.1 Å². The van der Waals surface area contributed by atoms with Gasteiger partial charge < -0.3 is 9.30 Å². The van der Waals surface area contributed by atoms with Crippen LogP contribution in [0.1, 0.15) is 25.6 Å². The van der Waals surface area contributed by atoms with E-state index in [1.807, 2.05) is 30.9 Å². The molecule has 17 heavy (non-hydrogen) atoms. The van der Waals surface area contributed by atoms with Crippen molar-refractivity contribution in [1.29, 1.82) is 0 Å². The minimum atomic E-state index is 0.142. The van der Waals surface area contributed by atoms with Crippen LogP contribution in [-0.2, 0) is 18.2 Å². The van der Waals surface area contributed by atoms with E-state index in [1.165, 1.54) is 12.8 Å². The lowest BCUT2D eigenvalue weighted by Crippen LogP contribution is -2.48. The zero-order valence-corrected chi connectivity index (χ0v) is 10.6. The van der Waals surface area contributed by atoms with E-state index in [2.05, 4.69) is 10.4 Å². The van der Waals surface area contributed by atoms with Crippen molar-refractivity contribution in [2.45, 2.75) is 38.3 Å². The molecule has 2 rings (SSSR count). The van der Waals surface area contributed by atoms with Crippen molar-refractivity contribution in [3.63, 3.8) is 0 Å². The van der Waals surface area contributed by atoms with Gasteiger partial charge in [-0.05, 0) is 25.7 Å². The number of nitrogens with zero attached hydrogens (tertiary/aromatic N) is 2. The largest absolute Gasteiger partial charge is 0.377 e. The second kappa shape index (κ2) is 5.62. The Morgan fingerprint density at radius 1 is 1.65 bits per heavy atom. The zero-order chi connectivity index (χ0) is 12.3. The molecule has 3 N–H and O–H groups in total. The van der Waals surface area contributed by atoms with Crippen LogP contribution in [0.2, 0.25) is 0 Å². The normalized spacial score (nSPS) is 19.2. The molecule has 2 unspecified atom stereocenters. The molecule has 0 spiro atoms. The van der Waals surface area contributed by atoms with Gasteiger partial charge in [0.1, 0.15) is 5.82 Å². The average molecular weight is 238 g/mol. The molecule has 1 aromatic heterocycles. The lowest BCUT2D eigenvalue weighted by molar-refractivity contribution is 0.0186. The van der Waals surface area contributed by atoms with Crippen LogP contribution >= 0.6 is 0 Å². The SMILES string of the molecule is CCOC(C1CC1)C(Cc1nccn1C)NN. The Bertz CT molecular complexity index is 348. The number of hydrogen-bond acceptors (Lipinski definition) is 4. The van der Waals surface area contributed by atoms with Crippen molar-refractivity contribution in [3.05, 3.63) is 18.2 Å². The third kappa shape index (κ3) is 3.06. The maximum Gasteiger partial charge on any atom is 0.110 e. The van der Waals surface area contributed by atoms with E-state index in [0.717, 1.165) is 18.9 Å². The van der Waals surface area contributed by atoms with Gasteiger partial charge in [-0.2, -0.15) is 0 Å². The van der Waals surface area contributed by atoms with Crippen LogP contribution in [0.3, 0.4) is 0 Å². The first kappa shape index (κ1) is 12.5. The first-order chi connectivity index (χ1) is 8.26. The molecule has 1 heterocycles. The predicted octanol–water partition coefficient (Wildman–Crippen LogP) is 0.610. The molecular formula is C12H22N4O. The Kier molecular flexibility index (Phi) is 4.15. The number of hydrazine groups is 1. The van der Waals surface area contributed by atoms with Crippen LogP contribution in [0.4, 0.5) is 0 Å². The summed E-state index contributed by atoms with van der Waals surface area (Å²) in [6.07, 6.45) is 7.29. The van der Waals surface area contributed by atoms with Gasteiger partial charge in [0.2, 0.25) is 0 Å². The second-order valence-corrected chi connectivity index (χ2v) is 4.69. The standard InChI is InChI=1S/C12H22N4O/c1-3-17-12(9-4-5-9)10(15-13)8-11-14-6-7-16(11)2/h6-7,9-10,12,15H,3-5,8,13H2,1-2H3. The van der Waals surface area contributed by atoms with Crippen molar-refractivity contribution in [2.24, 2.45) is 18.8 Å². The summed E-state index contributed by atoms with van der Waals surface area (Å²) in [5.74, 6) is 7.37. The highest BCUT2D eigenvalue weighted by molar-refractivity contribution is 4.99. The highest BCUT2D eigenvalue weighted by atomic mass is 16.5. The van der Waals surface area contributed by atoms with Crippen LogP contribution in [0.5, 0.6) is 0 Å². The van der Waals surface area contributed by atoms with Crippen LogP contribution in [0.25, 0.3) is 0 Å². The number of ether oxygens (including phenoxy) is 1. The lowest BCUT2D eigenvalue weighted by atomic mass is 10.0. The van der Waals surface area contributed by atoms with E-state index < -0.39 is 0 Å². The Hall–Kier alpha value is -0.910. The fourth-order valence-corrected chi connectivity index (χ4v) is 2.26. The van der Waals surface area contributed by atoms with Gasteiger partial charge >= 0.3 is 0 Å². The molecule has 0 amide bonds. The van der Waals surface area contributed by atoms with Crippen molar-refractivity contribution in [1.82, 2.24) is 15.0 Å². The molecule has 0 radical (unpaired) electrons. The highest BCUT2D eigenvalue weighted by Gasteiger charge is 2.37. The number of rotatable bonds is 7. The van der Waals surface area contributed by atoms with Crippen molar-refractivity contribution in [2.75, 3.05) is 6.61 Å². The summed E-state index contributed by atoms with van der Waals surface area (Å²) in [6.45, 7) is 2.77. The molecule has 1 aliphatic rings. The Morgan fingerprint density at radius 2 is 2.41 bits per heavy atom. The fraction of sp³-hybridized carbons (Fsp3) is 0.750. The Balaban J connectivity index is 2.01. The summed E-state index contributed by atoms with van der Waals surface area (Å²) in [7, 11) is 2.00. The zero-order valence-electron chi connectivity index (χ0n) is 10.6.